The van der Waals surface area contributed by atoms with Crippen LogP contribution in [-0.2, 0) is 24.3 Å². The number of halogens is 2. The quantitative estimate of drug-likeness (QED) is 0.587. The highest BCUT2D eigenvalue weighted by atomic mass is 35.5. The molecule has 1 aromatic rings. The monoisotopic (exact) mass is 452 g/mol. The molecule has 156 valence electrons. The Balaban J connectivity index is 2.25. The van der Waals surface area contributed by atoms with Crippen LogP contribution in [0.4, 0.5) is 0 Å². The number of ether oxygens (including phenoxy) is 2. The van der Waals surface area contributed by atoms with Crippen LogP contribution < -0.4 is 0 Å². The Morgan fingerprint density at radius 2 is 1.75 bits per heavy atom. The fraction of sp³-hybridized carbons (Fsp3) is 0.529. The Kier molecular flexibility index (Phi) is 8.08. The maximum Gasteiger partial charge on any atom is 0.340 e. The smallest absolute Gasteiger partial charge is 0.340 e. The summed E-state index contributed by atoms with van der Waals surface area (Å²) < 4.78 is 37.1. The molecule has 0 bridgehead atoms. The number of hydrogen-bond acceptors (Lipinski definition) is 6. The Morgan fingerprint density at radius 1 is 1.14 bits per heavy atom. The molecule has 0 saturated carbocycles. The van der Waals surface area contributed by atoms with Crippen LogP contribution >= 0.6 is 23.2 Å². The van der Waals surface area contributed by atoms with Crippen molar-refractivity contribution < 1.29 is 27.5 Å². The molecule has 1 aromatic carbocycles. The van der Waals surface area contributed by atoms with E-state index in [1.165, 1.54) is 15.3 Å². The lowest BCUT2D eigenvalue weighted by atomic mass is 10.2. The summed E-state index contributed by atoms with van der Waals surface area (Å²) in [7, 11) is -3.94. The lowest BCUT2D eigenvalue weighted by Gasteiger charge is -2.26. The van der Waals surface area contributed by atoms with E-state index in [2.05, 4.69) is 0 Å². The molecule has 1 aliphatic rings. The Bertz CT molecular complexity index is 836. The van der Waals surface area contributed by atoms with Crippen molar-refractivity contribution >= 4 is 45.1 Å². The summed E-state index contributed by atoms with van der Waals surface area (Å²) in [6.07, 6.45) is 0. The molecule has 0 atom stereocenters. The van der Waals surface area contributed by atoms with E-state index in [1.54, 1.807) is 0 Å². The van der Waals surface area contributed by atoms with Gasteiger partial charge in [-0.3, -0.25) is 4.79 Å². The summed E-state index contributed by atoms with van der Waals surface area (Å²) in [6.45, 7) is 5.01. The van der Waals surface area contributed by atoms with Gasteiger partial charge in [-0.05, 0) is 26.0 Å². The van der Waals surface area contributed by atoms with E-state index >= 15 is 0 Å². The van der Waals surface area contributed by atoms with Crippen molar-refractivity contribution in [3.63, 3.8) is 0 Å². The number of benzene rings is 1. The zero-order chi connectivity index (χ0) is 20.9. The van der Waals surface area contributed by atoms with Gasteiger partial charge in [-0.1, -0.05) is 23.2 Å². The lowest BCUT2D eigenvalue weighted by molar-refractivity contribution is -0.134. The second kappa shape index (κ2) is 9.89. The molecule has 8 nitrogen and oxygen atoms in total. The molecule has 0 radical (unpaired) electrons. The summed E-state index contributed by atoms with van der Waals surface area (Å²) in [5.41, 5.74) is -0.176. The van der Waals surface area contributed by atoms with Crippen LogP contribution in [0.5, 0.6) is 0 Å². The number of carbonyl (C=O) groups excluding carboxylic acids is 2. The van der Waals surface area contributed by atoms with Crippen LogP contribution in [0.15, 0.2) is 17.0 Å². The molecule has 2 rings (SSSR count). The van der Waals surface area contributed by atoms with Crippen molar-refractivity contribution in [1.82, 2.24) is 9.21 Å². The molecular weight excluding hydrogens is 431 g/mol. The van der Waals surface area contributed by atoms with E-state index < -0.39 is 22.6 Å². The molecule has 1 heterocycles. The van der Waals surface area contributed by atoms with Crippen LogP contribution in [0.1, 0.15) is 24.2 Å². The first-order valence-electron chi connectivity index (χ1n) is 8.74. The maximum absolute atomic E-state index is 12.9. The minimum Gasteiger partial charge on any atom is -0.452 e. The topological polar surface area (TPSA) is 93.2 Å². The van der Waals surface area contributed by atoms with E-state index in [-0.39, 0.29) is 52.7 Å². The van der Waals surface area contributed by atoms with E-state index in [1.807, 2.05) is 13.8 Å². The fourth-order valence-electron chi connectivity index (χ4n) is 2.68. The van der Waals surface area contributed by atoms with Crippen molar-refractivity contribution in [3.8, 4) is 0 Å². The van der Waals surface area contributed by atoms with Crippen molar-refractivity contribution in [3.05, 3.63) is 27.7 Å². The maximum atomic E-state index is 12.9. The molecule has 0 unspecified atom stereocenters. The zero-order valence-corrected chi connectivity index (χ0v) is 17.9. The summed E-state index contributed by atoms with van der Waals surface area (Å²) in [5.74, 6) is -1.26. The molecule has 0 aromatic heterocycles. The Hall–Kier alpha value is -1.39. The highest BCUT2D eigenvalue weighted by Crippen LogP contribution is 2.31. The number of nitrogens with zero attached hydrogens (tertiary/aromatic N) is 2. The third-order valence-electron chi connectivity index (χ3n) is 4.27. The van der Waals surface area contributed by atoms with Gasteiger partial charge in [0, 0.05) is 26.2 Å². The fourth-order valence-corrected chi connectivity index (χ4v) is 4.91. The molecule has 0 N–H and O–H groups in total. The second-order valence-corrected chi connectivity index (χ2v) is 8.64. The summed E-state index contributed by atoms with van der Waals surface area (Å²) in [6, 6.07) is 2.26. The number of morpholine rings is 1. The molecule has 1 saturated heterocycles. The first-order chi connectivity index (χ1) is 13.2. The van der Waals surface area contributed by atoms with Gasteiger partial charge in [0.25, 0.3) is 5.91 Å². The van der Waals surface area contributed by atoms with E-state index in [9.17, 15) is 18.0 Å². The van der Waals surface area contributed by atoms with Gasteiger partial charge in [-0.15, -0.1) is 0 Å². The number of carbonyl (C=O) groups is 2. The normalized spacial score (nSPS) is 15.3. The summed E-state index contributed by atoms with van der Waals surface area (Å²) >= 11 is 12.1. The minimum atomic E-state index is -3.94. The number of sulfonamides is 1. The highest BCUT2D eigenvalue weighted by molar-refractivity contribution is 7.89. The van der Waals surface area contributed by atoms with Gasteiger partial charge in [0.2, 0.25) is 10.0 Å². The number of likely N-dealkylation sites (N-methyl/N-ethyl adjacent to an activating group) is 1. The average Bonchev–Trinajstić information content (AvgIpc) is 2.67. The zero-order valence-electron chi connectivity index (χ0n) is 15.6. The number of amides is 1. The molecule has 28 heavy (non-hydrogen) atoms. The van der Waals surface area contributed by atoms with Crippen molar-refractivity contribution in [2.24, 2.45) is 0 Å². The highest BCUT2D eigenvalue weighted by Gasteiger charge is 2.30. The van der Waals surface area contributed by atoms with E-state index in [0.717, 1.165) is 6.07 Å². The van der Waals surface area contributed by atoms with E-state index in [0.29, 0.717) is 13.1 Å². The van der Waals surface area contributed by atoms with Crippen LogP contribution in [0.3, 0.4) is 0 Å². The predicted molar refractivity (Wildman–Crippen MR) is 104 cm³/mol. The van der Waals surface area contributed by atoms with Gasteiger partial charge < -0.3 is 14.4 Å². The van der Waals surface area contributed by atoms with Gasteiger partial charge in [0.1, 0.15) is 4.90 Å². The standard InChI is InChI=1S/C17H22Cl2N2O6S/c1-3-20(4-2)16(22)11-27-17(23)12-9-15(14(19)10-13(12)18)28(24,25)21-5-7-26-8-6-21/h9-10H,3-8,11H2,1-2H3. The average molecular weight is 453 g/mol. The molecule has 1 fully saturated rings. The lowest BCUT2D eigenvalue weighted by Crippen LogP contribution is -2.40. The van der Waals surface area contributed by atoms with Crippen molar-refractivity contribution in [2.45, 2.75) is 18.7 Å². The molecule has 1 aliphatic heterocycles. The van der Waals surface area contributed by atoms with E-state index in [4.69, 9.17) is 32.7 Å². The molecule has 0 aliphatic carbocycles. The Labute approximate surface area is 174 Å². The van der Waals surface area contributed by atoms with Crippen LogP contribution in [0, 0.1) is 0 Å². The second-order valence-electron chi connectivity index (χ2n) is 5.92. The molecule has 11 heteroatoms. The first kappa shape index (κ1) is 22.9. The summed E-state index contributed by atoms with van der Waals surface area (Å²) in [5, 5.41) is -0.168. The largest absolute Gasteiger partial charge is 0.452 e. The Morgan fingerprint density at radius 3 is 2.32 bits per heavy atom. The predicted octanol–water partition coefficient (Wildman–Crippen LogP) is 2.04. The third kappa shape index (κ3) is 5.15. The summed E-state index contributed by atoms with van der Waals surface area (Å²) in [4.78, 5) is 25.6. The first-order valence-corrected chi connectivity index (χ1v) is 10.9. The molecular formula is C17H22Cl2N2O6S. The number of rotatable bonds is 7. The van der Waals surface area contributed by atoms with Crippen molar-refractivity contribution in [2.75, 3.05) is 46.0 Å². The number of esters is 1. The van der Waals surface area contributed by atoms with Gasteiger partial charge in [0.15, 0.2) is 6.61 Å². The van der Waals surface area contributed by atoms with Crippen LogP contribution in [-0.4, -0.2) is 75.5 Å². The van der Waals surface area contributed by atoms with Gasteiger partial charge in [-0.25, -0.2) is 13.2 Å². The molecule has 1 amide bonds. The van der Waals surface area contributed by atoms with Crippen LogP contribution in [0.2, 0.25) is 10.0 Å². The van der Waals surface area contributed by atoms with Gasteiger partial charge in [0.05, 0.1) is 28.8 Å². The number of hydrogen-bond donors (Lipinski definition) is 0. The SMILES string of the molecule is CCN(CC)C(=O)COC(=O)c1cc(S(=O)(=O)N2CCOCC2)c(Cl)cc1Cl. The minimum absolute atomic E-state index is 0.0637. The van der Waals surface area contributed by atoms with Gasteiger partial charge >= 0.3 is 5.97 Å². The molecule has 0 spiro atoms. The van der Waals surface area contributed by atoms with Gasteiger partial charge in [-0.2, -0.15) is 4.31 Å². The third-order valence-corrected chi connectivity index (χ3v) is 6.95. The van der Waals surface area contributed by atoms with Crippen molar-refractivity contribution in [1.29, 1.82) is 0 Å². The van der Waals surface area contributed by atoms with Crippen LogP contribution in [0.25, 0.3) is 0 Å².